The summed E-state index contributed by atoms with van der Waals surface area (Å²) >= 11 is 0. The summed E-state index contributed by atoms with van der Waals surface area (Å²) in [6, 6.07) is 1.56. The van der Waals surface area contributed by atoms with Crippen LogP contribution in [-0.2, 0) is 6.18 Å². The largest absolute Gasteiger partial charge is 0.416 e. The van der Waals surface area contributed by atoms with E-state index in [-0.39, 0.29) is 24.7 Å². The van der Waals surface area contributed by atoms with E-state index >= 15 is 0 Å². The number of alkyl halides is 3. The van der Waals surface area contributed by atoms with Gasteiger partial charge in [0.1, 0.15) is 5.56 Å². The molecule has 1 aromatic carbocycles. The van der Waals surface area contributed by atoms with Gasteiger partial charge in [0, 0.05) is 25.2 Å². The van der Waals surface area contributed by atoms with Gasteiger partial charge in [-0.15, -0.1) is 0 Å². The Morgan fingerprint density at radius 3 is 2.41 bits per heavy atom. The number of hydrogen-bond acceptors (Lipinski definition) is 4. The van der Waals surface area contributed by atoms with Crippen LogP contribution in [0.15, 0.2) is 18.2 Å². The Kier molecular flexibility index (Phi) is 5.48. The summed E-state index contributed by atoms with van der Waals surface area (Å²) in [5, 5.41) is 11.0. The molecule has 9 heteroatoms. The zero-order valence-electron chi connectivity index (χ0n) is 12.1. The van der Waals surface area contributed by atoms with Crippen molar-refractivity contribution in [2.45, 2.75) is 26.1 Å². The Morgan fingerprint density at radius 2 is 2.00 bits per heavy atom. The van der Waals surface area contributed by atoms with Crippen molar-refractivity contribution in [3.63, 3.8) is 0 Å². The van der Waals surface area contributed by atoms with Crippen molar-refractivity contribution in [1.29, 1.82) is 0 Å². The number of nitro groups is 1. The van der Waals surface area contributed by atoms with Crippen LogP contribution in [0.2, 0.25) is 0 Å². The van der Waals surface area contributed by atoms with Crippen LogP contribution < -0.4 is 5.73 Å². The standard InChI is InChI=1S/C13H16F3N3O3/c1-8(2)18(6-5-17)12(20)10-4-3-9(13(14,15)16)7-11(10)19(21)22/h3-4,7-8H,5-6,17H2,1-2H3. The number of carbonyl (C=O) groups excluding carboxylic acids is 1. The maximum atomic E-state index is 12.6. The fourth-order valence-corrected chi connectivity index (χ4v) is 1.93. The molecule has 122 valence electrons. The van der Waals surface area contributed by atoms with E-state index in [2.05, 4.69) is 0 Å². The molecule has 0 aliphatic rings. The molecule has 0 bridgehead atoms. The maximum Gasteiger partial charge on any atom is 0.416 e. The topological polar surface area (TPSA) is 89.5 Å². The maximum absolute atomic E-state index is 12.6. The number of benzene rings is 1. The van der Waals surface area contributed by atoms with E-state index < -0.39 is 28.3 Å². The van der Waals surface area contributed by atoms with Crippen molar-refractivity contribution in [3.05, 3.63) is 39.4 Å². The molecule has 0 spiro atoms. The number of nitrogens with zero attached hydrogens (tertiary/aromatic N) is 2. The summed E-state index contributed by atoms with van der Waals surface area (Å²) < 4.78 is 37.9. The average molecular weight is 319 g/mol. The summed E-state index contributed by atoms with van der Waals surface area (Å²) in [5.41, 5.74) is 2.95. The lowest BCUT2D eigenvalue weighted by atomic mass is 10.1. The van der Waals surface area contributed by atoms with Gasteiger partial charge in [-0.25, -0.2) is 0 Å². The number of rotatable bonds is 5. The smallest absolute Gasteiger partial charge is 0.335 e. The third-order valence-corrected chi connectivity index (χ3v) is 3.01. The molecule has 2 N–H and O–H groups in total. The van der Waals surface area contributed by atoms with E-state index in [1.54, 1.807) is 13.8 Å². The van der Waals surface area contributed by atoms with Crippen LogP contribution in [0.3, 0.4) is 0 Å². The Balaban J connectivity index is 3.34. The minimum Gasteiger partial charge on any atom is -0.335 e. The molecule has 0 saturated heterocycles. The number of nitro benzene ring substituents is 1. The molecule has 1 amide bonds. The summed E-state index contributed by atoms with van der Waals surface area (Å²) in [4.78, 5) is 23.6. The molecule has 0 heterocycles. The van der Waals surface area contributed by atoms with E-state index in [1.165, 1.54) is 4.90 Å². The first-order valence-electron chi connectivity index (χ1n) is 6.46. The molecule has 22 heavy (non-hydrogen) atoms. The summed E-state index contributed by atoms with van der Waals surface area (Å²) in [6.45, 7) is 3.65. The Hall–Kier alpha value is -2.16. The van der Waals surface area contributed by atoms with Crippen molar-refractivity contribution in [2.75, 3.05) is 13.1 Å². The van der Waals surface area contributed by atoms with E-state index in [1.807, 2.05) is 0 Å². The van der Waals surface area contributed by atoms with Crippen LogP contribution in [0.5, 0.6) is 0 Å². The van der Waals surface area contributed by atoms with Gasteiger partial charge in [0.2, 0.25) is 0 Å². The van der Waals surface area contributed by atoms with E-state index in [0.717, 1.165) is 6.07 Å². The first-order valence-corrected chi connectivity index (χ1v) is 6.46. The Morgan fingerprint density at radius 1 is 1.41 bits per heavy atom. The van der Waals surface area contributed by atoms with Gasteiger partial charge in [-0.2, -0.15) is 13.2 Å². The van der Waals surface area contributed by atoms with Crippen LogP contribution in [0.25, 0.3) is 0 Å². The van der Waals surface area contributed by atoms with E-state index in [0.29, 0.717) is 12.1 Å². The molecule has 0 fully saturated rings. The molecule has 0 radical (unpaired) electrons. The second-order valence-corrected chi connectivity index (χ2v) is 4.87. The number of carbonyl (C=O) groups is 1. The van der Waals surface area contributed by atoms with Gasteiger partial charge < -0.3 is 10.6 Å². The van der Waals surface area contributed by atoms with Crippen LogP contribution in [0.4, 0.5) is 18.9 Å². The van der Waals surface area contributed by atoms with E-state index in [4.69, 9.17) is 5.73 Å². The zero-order chi connectivity index (χ0) is 17.1. The van der Waals surface area contributed by atoms with Crippen molar-refractivity contribution in [3.8, 4) is 0 Å². The first kappa shape index (κ1) is 17.9. The number of halogens is 3. The monoisotopic (exact) mass is 319 g/mol. The van der Waals surface area contributed by atoms with Gasteiger partial charge in [0.15, 0.2) is 0 Å². The molecular weight excluding hydrogens is 303 g/mol. The molecule has 0 aromatic heterocycles. The van der Waals surface area contributed by atoms with Gasteiger partial charge in [-0.3, -0.25) is 14.9 Å². The van der Waals surface area contributed by atoms with Crippen molar-refractivity contribution < 1.29 is 22.9 Å². The third-order valence-electron chi connectivity index (χ3n) is 3.01. The highest BCUT2D eigenvalue weighted by Gasteiger charge is 2.34. The molecule has 1 rings (SSSR count). The quantitative estimate of drug-likeness (QED) is 0.666. The van der Waals surface area contributed by atoms with Gasteiger partial charge >= 0.3 is 6.18 Å². The molecule has 6 nitrogen and oxygen atoms in total. The lowest BCUT2D eigenvalue weighted by Crippen LogP contribution is -2.40. The fraction of sp³-hybridized carbons (Fsp3) is 0.462. The molecule has 0 saturated carbocycles. The Labute approximate surface area is 124 Å². The highest BCUT2D eigenvalue weighted by Crippen LogP contribution is 2.33. The van der Waals surface area contributed by atoms with Crippen molar-refractivity contribution in [1.82, 2.24) is 4.90 Å². The molecule has 0 aliphatic heterocycles. The summed E-state index contributed by atoms with van der Waals surface area (Å²) in [6.07, 6.45) is -4.72. The lowest BCUT2D eigenvalue weighted by molar-refractivity contribution is -0.385. The van der Waals surface area contributed by atoms with Crippen molar-refractivity contribution >= 4 is 11.6 Å². The summed E-state index contributed by atoms with van der Waals surface area (Å²) in [7, 11) is 0. The van der Waals surface area contributed by atoms with E-state index in [9.17, 15) is 28.1 Å². The lowest BCUT2D eigenvalue weighted by Gasteiger charge is -2.26. The fourth-order valence-electron chi connectivity index (χ4n) is 1.93. The SMILES string of the molecule is CC(C)N(CCN)C(=O)c1ccc(C(F)(F)F)cc1[N+](=O)[O-]. The second-order valence-electron chi connectivity index (χ2n) is 4.87. The van der Waals surface area contributed by atoms with Crippen LogP contribution in [0, 0.1) is 10.1 Å². The van der Waals surface area contributed by atoms with Crippen molar-refractivity contribution in [2.24, 2.45) is 5.73 Å². The molecule has 1 aromatic rings. The highest BCUT2D eigenvalue weighted by atomic mass is 19.4. The van der Waals surface area contributed by atoms with Crippen LogP contribution >= 0.6 is 0 Å². The minimum atomic E-state index is -4.72. The second kappa shape index (κ2) is 6.73. The minimum absolute atomic E-state index is 0.137. The Bertz CT molecular complexity index is 573. The number of hydrogen-bond donors (Lipinski definition) is 1. The third kappa shape index (κ3) is 3.94. The predicted molar refractivity (Wildman–Crippen MR) is 73.3 cm³/mol. The summed E-state index contributed by atoms with van der Waals surface area (Å²) in [5.74, 6) is -0.721. The predicted octanol–water partition coefficient (Wildman–Crippen LogP) is 2.42. The molecule has 0 aliphatic carbocycles. The number of amides is 1. The van der Waals surface area contributed by atoms with Gasteiger partial charge in [-0.1, -0.05) is 0 Å². The molecule has 0 unspecified atom stereocenters. The zero-order valence-corrected chi connectivity index (χ0v) is 12.1. The van der Waals surface area contributed by atoms with Gasteiger partial charge in [0.25, 0.3) is 11.6 Å². The van der Waals surface area contributed by atoms with Crippen LogP contribution in [-0.4, -0.2) is 34.9 Å². The molecule has 0 atom stereocenters. The number of nitrogens with two attached hydrogens (primary N) is 1. The molecular formula is C13H16F3N3O3. The van der Waals surface area contributed by atoms with Crippen LogP contribution in [0.1, 0.15) is 29.8 Å². The highest BCUT2D eigenvalue weighted by molar-refractivity contribution is 5.98. The average Bonchev–Trinajstić information content (AvgIpc) is 2.42. The normalized spacial score (nSPS) is 11.6. The van der Waals surface area contributed by atoms with Gasteiger partial charge in [-0.05, 0) is 26.0 Å². The van der Waals surface area contributed by atoms with Gasteiger partial charge in [0.05, 0.1) is 10.5 Å². The first-order chi connectivity index (χ1) is 10.1.